The summed E-state index contributed by atoms with van der Waals surface area (Å²) in [6, 6.07) is 6.26. The van der Waals surface area contributed by atoms with Gasteiger partial charge in [0.05, 0.1) is 11.0 Å². The van der Waals surface area contributed by atoms with Crippen molar-refractivity contribution >= 4 is 11.0 Å². The molecule has 1 unspecified atom stereocenters. The Labute approximate surface area is 117 Å². The number of aromatic amines is 2. The number of rotatable bonds is 3. The highest BCUT2D eigenvalue weighted by atomic mass is 16.1. The summed E-state index contributed by atoms with van der Waals surface area (Å²) in [6.07, 6.45) is 0. The van der Waals surface area contributed by atoms with Crippen LogP contribution in [0.4, 0.5) is 0 Å². The van der Waals surface area contributed by atoms with Crippen LogP contribution in [0.15, 0.2) is 23.0 Å². The number of hydrogen-bond donors (Lipinski definition) is 3. The van der Waals surface area contributed by atoms with Crippen molar-refractivity contribution in [3.8, 4) is 0 Å². The first-order valence-corrected chi connectivity index (χ1v) is 7.03. The average molecular weight is 275 g/mol. The van der Waals surface area contributed by atoms with Gasteiger partial charge in [-0.2, -0.15) is 0 Å². The predicted molar refractivity (Wildman–Crippen MR) is 79.5 cm³/mol. The number of H-pyrrole nitrogens is 2. The predicted octanol–water partition coefficient (Wildman–Crippen LogP) is 0.669. The number of nitrogens with one attached hydrogen (secondary N) is 3. The molecule has 1 fully saturated rings. The zero-order valence-electron chi connectivity index (χ0n) is 11.9. The molecule has 20 heavy (non-hydrogen) atoms. The van der Waals surface area contributed by atoms with E-state index in [0.29, 0.717) is 0 Å². The Hall–Kier alpha value is -1.63. The molecule has 1 aromatic carbocycles. The van der Waals surface area contributed by atoms with E-state index in [2.05, 4.69) is 45.3 Å². The number of hydrogen-bond acceptors (Lipinski definition) is 4. The monoisotopic (exact) mass is 275 g/mol. The van der Waals surface area contributed by atoms with Crippen molar-refractivity contribution < 1.29 is 0 Å². The van der Waals surface area contributed by atoms with E-state index in [9.17, 15) is 4.79 Å². The number of imidazole rings is 1. The third-order valence-corrected chi connectivity index (χ3v) is 3.92. The molecule has 0 radical (unpaired) electrons. The van der Waals surface area contributed by atoms with Crippen LogP contribution in [0.2, 0.25) is 0 Å². The molecule has 0 saturated carbocycles. The molecular formula is C14H21N5O. The topological polar surface area (TPSA) is 67.2 Å². The molecule has 3 rings (SSSR count). The van der Waals surface area contributed by atoms with Gasteiger partial charge < -0.3 is 14.9 Å². The number of fused-ring (bicyclic) bond motifs is 1. The summed E-state index contributed by atoms with van der Waals surface area (Å²) in [7, 11) is 2.15. The Morgan fingerprint density at radius 3 is 2.60 bits per heavy atom. The van der Waals surface area contributed by atoms with E-state index in [4.69, 9.17) is 0 Å². The molecule has 1 aromatic heterocycles. The highest BCUT2D eigenvalue weighted by molar-refractivity contribution is 5.75. The second kappa shape index (κ2) is 5.40. The van der Waals surface area contributed by atoms with Crippen LogP contribution >= 0.6 is 0 Å². The molecular weight excluding hydrogens is 254 g/mol. The summed E-state index contributed by atoms with van der Waals surface area (Å²) in [5.41, 5.74) is 6.26. The third-order valence-electron chi connectivity index (χ3n) is 3.92. The third kappa shape index (κ3) is 2.77. The number of piperazine rings is 1. The molecule has 0 spiro atoms. The summed E-state index contributed by atoms with van der Waals surface area (Å²) in [4.78, 5) is 19.2. The first-order chi connectivity index (χ1) is 9.61. The van der Waals surface area contributed by atoms with Crippen LogP contribution < -0.4 is 11.1 Å². The SMILES string of the molecule is CC(NN1CCN(C)CC1)c1ccc2[nH]c(=O)[nH]c2c1. The van der Waals surface area contributed by atoms with Crippen LogP contribution in [0.25, 0.3) is 11.0 Å². The van der Waals surface area contributed by atoms with Gasteiger partial charge in [0.2, 0.25) is 0 Å². The van der Waals surface area contributed by atoms with Crippen molar-refractivity contribution in [2.45, 2.75) is 13.0 Å². The second-order valence-corrected chi connectivity index (χ2v) is 5.53. The van der Waals surface area contributed by atoms with Crippen LogP contribution in [0.1, 0.15) is 18.5 Å². The van der Waals surface area contributed by atoms with Crippen LogP contribution in [0.5, 0.6) is 0 Å². The van der Waals surface area contributed by atoms with Crippen LogP contribution in [0.3, 0.4) is 0 Å². The molecule has 0 aliphatic carbocycles. The molecule has 2 aromatic rings. The Morgan fingerprint density at radius 1 is 1.15 bits per heavy atom. The maximum Gasteiger partial charge on any atom is 0.323 e. The molecule has 2 heterocycles. The first-order valence-electron chi connectivity index (χ1n) is 7.03. The van der Waals surface area contributed by atoms with E-state index in [1.54, 1.807) is 0 Å². The average Bonchev–Trinajstić information content (AvgIpc) is 2.80. The van der Waals surface area contributed by atoms with Gasteiger partial charge in [0.15, 0.2) is 0 Å². The van der Waals surface area contributed by atoms with Gasteiger partial charge in [-0.25, -0.2) is 15.2 Å². The van der Waals surface area contributed by atoms with Crippen LogP contribution in [0, 0.1) is 0 Å². The first kappa shape index (κ1) is 13.4. The molecule has 108 valence electrons. The molecule has 6 nitrogen and oxygen atoms in total. The number of likely N-dealkylation sites (N-methyl/N-ethyl adjacent to an activating group) is 1. The van der Waals surface area contributed by atoms with Gasteiger partial charge in [0, 0.05) is 32.2 Å². The quantitative estimate of drug-likeness (QED) is 0.770. The Bertz CT molecular complexity index is 638. The van der Waals surface area contributed by atoms with Gasteiger partial charge in [-0.15, -0.1) is 0 Å². The van der Waals surface area contributed by atoms with Crippen LogP contribution in [-0.4, -0.2) is 53.1 Å². The Balaban J connectivity index is 1.71. The van der Waals surface area contributed by atoms with Gasteiger partial charge in [-0.3, -0.25) is 0 Å². The fourth-order valence-electron chi connectivity index (χ4n) is 2.60. The maximum atomic E-state index is 11.3. The molecule has 1 atom stereocenters. The van der Waals surface area contributed by atoms with Crippen molar-refractivity contribution in [3.05, 3.63) is 34.2 Å². The highest BCUT2D eigenvalue weighted by Crippen LogP contribution is 2.17. The highest BCUT2D eigenvalue weighted by Gasteiger charge is 2.16. The lowest BCUT2D eigenvalue weighted by Crippen LogP contribution is -2.51. The lowest BCUT2D eigenvalue weighted by Gasteiger charge is -2.34. The molecule has 1 saturated heterocycles. The Kier molecular flexibility index (Phi) is 3.60. The van der Waals surface area contributed by atoms with Gasteiger partial charge >= 0.3 is 5.69 Å². The number of benzene rings is 1. The molecule has 1 aliphatic rings. The van der Waals surface area contributed by atoms with E-state index in [1.807, 2.05) is 12.1 Å². The second-order valence-electron chi connectivity index (χ2n) is 5.53. The maximum absolute atomic E-state index is 11.3. The fourth-order valence-corrected chi connectivity index (χ4v) is 2.60. The Morgan fingerprint density at radius 2 is 1.85 bits per heavy atom. The normalized spacial score (nSPS) is 19.5. The van der Waals surface area contributed by atoms with E-state index in [-0.39, 0.29) is 11.7 Å². The summed E-state index contributed by atoms with van der Waals surface area (Å²) < 4.78 is 0. The minimum atomic E-state index is -0.156. The van der Waals surface area contributed by atoms with Crippen molar-refractivity contribution in [2.24, 2.45) is 0 Å². The lowest BCUT2D eigenvalue weighted by atomic mass is 10.1. The van der Waals surface area contributed by atoms with Gasteiger partial charge in [0.25, 0.3) is 0 Å². The van der Waals surface area contributed by atoms with Crippen molar-refractivity contribution in [3.63, 3.8) is 0 Å². The number of nitrogens with zero attached hydrogens (tertiary/aromatic N) is 2. The largest absolute Gasteiger partial charge is 0.323 e. The molecule has 0 bridgehead atoms. The van der Waals surface area contributed by atoms with E-state index in [1.165, 1.54) is 5.56 Å². The van der Waals surface area contributed by atoms with Gasteiger partial charge in [-0.1, -0.05) is 6.07 Å². The molecule has 3 N–H and O–H groups in total. The molecule has 6 heteroatoms. The van der Waals surface area contributed by atoms with Crippen LogP contribution in [-0.2, 0) is 0 Å². The fraction of sp³-hybridized carbons (Fsp3) is 0.500. The number of hydrazine groups is 1. The minimum absolute atomic E-state index is 0.156. The molecule has 0 amide bonds. The van der Waals surface area contributed by atoms with Gasteiger partial charge in [-0.05, 0) is 31.7 Å². The van der Waals surface area contributed by atoms with E-state index >= 15 is 0 Å². The summed E-state index contributed by atoms with van der Waals surface area (Å²) in [5, 5.41) is 2.27. The van der Waals surface area contributed by atoms with Crippen molar-refractivity contribution in [1.29, 1.82) is 0 Å². The number of aromatic nitrogens is 2. The van der Waals surface area contributed by atoms with E-state index < -0.39 is 0 Å². The summed E-state index contributed by atoms with van der Waals surface area (Å²) in [6.45, 7) is 6.38. The summed E-state index contributed by atoms with van der Waals surface area (Å²) in [5.74, 6) is 0. The smallest absolute Gasteiger partial charge is 0.306 e. The summed E-state index contributed by atoms with van der Waals surface area (Å²) >= 11 is 0. The zero-order valence-corrected chi connectivity index (χ0v) is 11.9. The zero-order chi connectivity index (χ0) is 14.1. The van der Waals surface area contributed by atoms with Crippen molar-refractivity contribution in [2.75, 3.05) is 33.2 Å². The standard InChI is InChI=1S/C14H21N5O/c1-10(17-19-7-5-18(2)6-8-19)11-3-4-12-13(9-11)16-14(20)15-12/h3-4,9-10,17H,5-8H2,1-2H3,(H2,15,16,20). The molecule has 1 aliphatic heterocycles. The van der Waals surface area contributed by atoms with Crippen molar-refractivity contribution in [1.82, 2.24) is 25.3 Å². The van der Waals surface area contributed by atoms with Gasteiger partial charge in [0.1, 0.15) is 0 Å². The van der Waals surface area contributed by atoms with E-state index in [0.717, 1.165) is 37.2 Å². The minimum Gasteiger partial charge on any atom is -0.306 e. The lowest BCUT2D eigenvalue weighted by molar-refractivity contribution is 0.0899.